The lowest BCUT2D eigenvalue weighted by atomic mass is 10.2. The molecule has 3 aromatic carbocycles. The van der Waals surface area contributed by atoms with Crippen molar-refractivity contribution in [3.63, 3.8) is 0 Å². The number of morpholine rings is 1. The second-order valence-electron chi connectivity index (χ2n) is 8.45. The third-order valence-electron chi connectivity index (χ3n) is 6.02. The van der Waals surface area contributed by atoms with Gasteiger partial charge in [0, 0.05) is 33.9 Å². The molecular weight excluding hydrogens is 569 g/mol. The second-order valence-corrected chi connectivity index (χ2v) is 12.0. The van der Waals surface area contributed by atoms with E-state index < -0.39 is 15.9 Å². The van der Waals surface area contributed by atoms with Crippen LogP contribution in [0.4, 0.5) is 17.1 Å². The predicted octanol–water partition coefficient (Wildman–Crippen LogP) is 6.11. The maximum Gasteiger partial charge on any atom is 0.267 e. The molecule has 0 atom stereocenters. The normalized spacial score (nSPS) is 13.9. The third-order valence-corrected chi connectivity index (χ3v) is 9.29. The second kappa shape index (κ2) is 11.0. The van der Waals surface area contributed by atoms with Gasteiger partial charge in [0.25, 0.3) is 15.9 Å². The SMILES string of the molecule is COc1ccc(NS(=O)(=O)c2ccc(N3CCOCC3)c(NC(=O)c3sc4cc(Cl)ccc4c3Cl)c2)cc1. The minimum Gasteiger partial charge on any atom is -0.497 e. The van der Waals surface area contributed by atoms with E-state index in [1.807, 2.05) is 4.90 Å². The molecule has 1 amide bonds. The summed E-state index contributed by atoms with van der Waals surface area (Å²) in [5.74, 6) is 0.162. The van der Waals surface area contributed by atoms with E-state index in [9.17, 15) is 13.2 Å². The van der Waals surface area contributed by atoms with E-state index in [-0.39, 0.29) is 4.90 Å². The molecule has 0 aliphatic carbocycles. The van der Waals surface area contributed by atoms with Gasteiger partial charge in [0.15, 0.2) is 0 Å². The van der Waals surface area contributed by atoms with Gasteiger partial charge in [-0.15, -0.1) is 11.3 Å². The molecule has 4 aromatic rings. The van der Waals surface area contributed by atoms with Crippen LogP contribution >= 0.6 is 34.5 Å². The zero-order chi connectivity index (χ0) is 26.9. The minimum atomic E-state index is -3.96. The summed E-state index contributed by atoms with van der Waals surface area (Å²) in [6, 6.07) is 16.4. The average Bonchev–Trinajstić information content (AvgIpc) is 3.24. The van der Waals surface area contributed by atoms with Crippen molar-refractivity contribution in [2.75, 3.05) is 48.4 Å². The molecule has 1 fully saturated rings. The van der Waals surface area contributed by atoms with E-state index >= 15 is 0 Å². The quantitative estimate of drug-likeness (QED) is 0.269. The molecule has 1 saturated heterocycles. The molecule has 0 spiro atoms. The maximum absolute atomic E-state index is 13.4. The first-order valence-electron chi connectivity index (χ1n) is 11.6. The van der Waals surface area contributed by atoms with Crippen molar-refractivity contribution < 1.29 is 22.7 Å². The number of anilines is 3. The number of carbonyl (C=O) groups is 1. The van der Waals surface area contributed by atoms with E-state index in [0.29, 0.717) is 64.0 Å². The summed E-state index contributed by atoms with van der Waals surface area (Å²) >= 11 is 13.9. The van der Waals surface area contributed by atoms with Gasteiger partial charge < -0.3 is 19.7 Å². The number of hydrogen-bond acceptors (Lipinski definition) is 7. The number of amides is 1. The molecule has 0 unspecified atom stereocenters. The number of nitrogens with zero attached hydrogens (tertiary/aromatic N) is 1. The van der Waals surface area contributed by atoms with Crippen molar-refractivity contribution in [1.29, 1.82) is 0 Å². The number of thiophene rings is 1. The molecular formula is C26H23Cl2N3O5S2. The molecule has 2 heterocycles. The Labute approximate surface area is 234 Å². The highest BCUT2D eigenvalue weighted by atomic mass is 35.5. The summed E-state index contributed by atoms with van der Waals surface area (Å²) in [6.45, 7) is 2.24. The number of nitrogens with one attached hydrogen (secondary N) is 2. The van der Waals surface area contributed by atoms with Crippen LogP contribution in [-0.2, 0) is 14.8 Å². The number of carbonyl (C=O) groups excluding carboxylic acids is 1. The van der Waals surface area contributed by atoms with Crippen LogP contribution in [0, 0.1) is 0 Å². The van der Waals surface area contributed by atoms with Crippen molar-refractivity contribution in [3.8, 4) is 5.75 Å². The molecule has 5 rings (SSSR count). The van der Waals surface area contributed by atoms with E-state index in [4.69, 9.17) is 32.7 Å². The summed E-state index contributed by atoms with van der Waals surface area (Å²) in [5, 5.41) is 4.47. The lowest BCUT2D eigenvalue weighted by Crippen LogP contribution is -2.36. The average molecular weight is 593 g/mol. The smallest absolute Gasteiger partial charge is 0.267 e. The number of halogens is 2. The van der Waals surface area contributed by atoms with E-state index in [2.05, 4.69) is 10.0 Å². The summed E-state index contributed by atoms with van der Waals surface area (Å²) in [4.78, 5) is 15.7. The molecule has 12 heteroatoms. The van der Waals surface area contributed by atoms with Gasteiger partial charge in [-0.3, -0.25) is 9.52 Å². The van der Waals surface area contributed by atoms with Gasteiger partial charge in [0.05, 0.1) is 41.6 Å². The van der Waals surface area contributed by atoms with Gasteiger partial charge >= 0.3 is 0 Å². The first-order valence-corrected chi connectivity index (χ1v) is 14.6. The molecule has 198 valence electrons. The summed E-state index contributed by atoms with van der Waals surface area (Å²) < 4.78 is 40.4. The van der Waals surface area contributed by atoms with Crippen LogP contribution < -0.4 is 19.7 Å². The fraction of sp³-hybridized carbons (Fsp3) is 0.192. The van der Waals surface area contributed by atoms with Crippen LogP contribution in [0.25, 0.3) is 10.1 Å². The molecule has 1 aliphatic heterocycles. The van der Waals surface area contributed by atoms with Gasteiger partial charge in [0.2, 0.25) is 0 Å². The van der Waals surface area contributed by atoms with Gasteiger partial charge in [-0.25, -0.2) is 8.42 Å². The maximum atomic E-state index is 13.4. The molecule has 2 N–H and O–H groups in total. The van der Waals surface area contributed by atoms with Crippen LogP contribution in [0.15, 0.2) is 65.6 Å². The lowest BCUT2D eigenvalue weighted by Gasteiger charge is -2.30. The van der Waals surface area contributed by atoms with Crippen molar-refractivity contribution in [2.24, 2.45) is 0 Å². The standard InChI is InChI=1S/C26H23Cl2N3O5S2/c1-35-18-5-3-17(4-6-18)30-38(33,34)19-7-9-22(31-10-12-36-13-11-31)21(15-19)29-26(32)25-24(28)20-8-2-16(27)14-23(20)37-25/h2-9,14-15,30H,10-13H2,1H3,(H,29,32). The summed E-state index contributed by atoms with van der Waals surface area (Å²) in [6.07, 6.45) is 0. The molecule has 1 aliphatic rings. The van der Waals surface area contributed by atoms with Crippen LogP contribution in [0.5, 0.6) is 5.75 Å². The Morgan fingerprint density at radius 3 is 2.47 bits per heavy atom. The minimum absolute atomic E-state index is 0.00477. The topological polar surface area (TPSA) is 97.0 Å². The third kappa shape index (κ3) is 5.55. The van der Waals surface area contributed by atoms with Crippen molar-refractivity contribution in [3.05, 3.63) is 75.6 Å². The van der Waals surface area contributed by atoms with Crippen LogP contribution in [0.2, 0.25) is 10.0 Å². The highest BCUT2D eigenvalue weighted by Crippen LogP contribution is 2.38. The molecule has 0 saturated carbocycles. The van der Waals surface area contributed by atoms with Gasteiger partial charge in [-0.05, 0) is 54.6 Å². The summed E-state index contributed by atoms with van der Waals surface area (Å²) in [7, 11) is -2.43. The van der Waals surface area contributed by atoms with E-state index in [1.165, 1.54) is 30.6 Å². The number of methoxy groups -OCH3 is 1. The largest absolute Gasteiger partial charge is 0.497 e. The Hall–Kier alpha value is -3.02. The first kappa shape index (κ1) is 26.6. The monoisotopic (exact) mass is 591 g/mol. The van der Waals surface area contributed by atoms with Crippen molar-refractivity contribution in [1.82, 2.24) is 0 Å². The number of ether oxygens (including phenoxy) is 2. The van der Waals surface area contributed by atoms with Crippen LogP contribution in [-0.4, -0.2) is 47.7 Å². The number of hydrogen-bond donors (Lipinski definition) is 2. The number of fused-ring (bicyclic) bond motifs is 1. The fourth-order valence-corrected chi connectivity index (χ4v) is 6.87. The van der Waals surface area contributed by atoms with Gasteiger partial charge in [-0.2, -0.15) is 0 Å². The Bertz CT molecular complexity index is 1600. The highest BCUT2D eigenvalue weighted by Gasteiger charge is 2.23. The highest BCUT2D eigenvalue weighted by molar-refractivity contribution is 7.92. The predicted molar refractivity (Wildman–Crippen MR) is 153 cm³/mol. The molecule has 0 bridgehead atoms. The first-order chi connectivity index (χ1) is 18.2. The van der Waals surface area contributed by atoms with Gasteiger partial charge in [-0.1, -0.05) is 29.3 Å². The number of rotatable bonds is 7. The van der Waals surface area contributed by atoms with Crippen molar-refractivity contribution in [2.45, 2.75) is 4.90 Å². The van der Waals surface area contributed by atoms with Crippen molar-refractivity contribution >= 4 is 77.6 Å². The lowest BCUT2D eigenvalue weighted by molar-refractivity contribution is 0.103. The van der Waals surface area contributed by atoms with Gasteiger partial charge in [0.1, 0.15) is 10.6 Å². The van der Waals surface area contributed by atoms with Crippen LogP contribution in [0.1, 0.15) is 9.67 Å². The van der Waals surface area contributed by atoms with Crippen LogP contribution in [0.3, 0.4) is 0 Å². The Kier molecular flexibility index (Phi) is 7.69. The zero-order valence-electron chi connectivity index (χ0n) is 20.2. The molecule has 8 nitrogen and oxygen atoms in total. The molecule has 38 heavy (non-hydrogen) atoms. The fourth-order valence-electron chi connectivity index (χ4n) is 4.10. The molecule has 0 radical (unpaired) electrons. The van der Waals surface area contributed by atoms with E-state index in [0.717, 1.165) is 10.1 Å². The Balaban J connectivity index is 1.49. The zero-order valence-corrected chi connectivity index (χ0v) is 23.3. The Morgan fingerprint density at radius 2 is 1.76 bits per heavy atom. The number of sulfonamides is 1. The summed E-state index contributed by atoms with van der Waals surface area (Å²) in [5.41, 5.74) is 1.41. The number of benzene rings is 3. The van der Waals surface area contributed by atoms with E-state index in [1.54, 1.807) is 48.5 Å². The Morgan fingerprint density at radius 1 is 1.03 bits per heavy atom. The molecule has 1 aromatic heterocycles.